The zero-order valence-corrected chi connectivity index (χ0v) is 11.8. The van der Waals surface area contributed by atoms with Crippen LogP contribution in [0, 0.1) is 0 Å². The van der Waals surface area contributed by atoms with Crippen LogP contribution in [-0.4, -0.2) is 36.9 Å². The normalized spacial score (nSPS) is 18.8. The van der Waals surface area contributed by atoms with Crippen LogP contribution in [0.4, 0.5) is 0 Å². The topological polar surface area (TPSA) is 92.8 Å². The minimum atomic E-state index is -3.30. The van der Waals surface area contributed by atoms with Gasteiger partial charge in [0.05, 0.1) is 6.42 Å². The number of hydrogen-bond acceptors (Lipinski definition) is 5. The van der Waals surface area contributed by atoms with Crippen molar-refractivity contribution in [2.24, 2.45) is 0 Å². The Morgan fingerprint density at radius 2 is 1.95 bits per heavy atom. The average molecular weight is 298 g/mol. The number of fused-ring (bicyclic) bond motifs is 2. The summed E-state index contributed by atoms with van der Waals surface area (Å²) in [6, 6.07) is 7.86. The maximum atomic E-state index is 11.0. The Labute approximate surface area is 116 Å². The summed E-state index contributed by atoms with van der Waals surface area (Å²) in [6.45, 7) is 1.21. The lowest BCUT2D eigenvalue weighted by Gasteiger charge is -2.37. The molecule has 0 saturated carbocycles. The first-order valence-electron chi connectivity index (χ1n) is 5.83. The van der Waals surface area contributed by atoms with Gasteiger partial charge in [0.25, 0.3) is 0 Å². The molecule has 1 aromatic rings. The van der Waals surface area contributed by atoms with E-state index in [-0.39, 0.29) is 12.3 Å². The molecule has 4 rings (SSSR count). The van der Waals surface area contributed by atoms with E-state index in [2.05, 4.69) is 5.43 Å². The number of carbonyl (C=O) groups is 2. The second kappa shape index (κ2) is 5.12. The molecular formula is C12H14N2O5S. The predicted octanol–water partition coefficient (Wildman–Crippen LogP) is 0.433. The largest absolute Gasteiger partial charge is 0.457 e. The fraction of sp³-hybridized carbons (Fsp3) is 0.333. The van der Waals surface area contributed by atoms with Crippen molar-refractivity contribution in [1.29, 1.82) is 0 Å². The van der Waals surface area contributed by atoms with E-state index in [1.165, 1.54) is 6.92 Å². The van der Waals surface area contributed by atoms with Crippen LogP contribution in [0.3, 0.4) is 0 Å². The van der Waals surface area contributed by atoms with Gasteiger partial charge in [-0.1, -0.05) is 6.07 Å². The van der Waals surface area contributed by atoms with E-state index in [4.69, 9.17) is 4.74 Å². The molecule has 2 amide bonds. The summed E-state index contributed by atoms with van der Waals surface area (Å²) >= 11 is 0. The lowest BCUT2D eigenvalue weighted by molar-refractivity contribution is -0.151. The maximum absolute atomic E-state index is 11.0. The number of carbonyl (C=O) groups excluding carboxylic acids is 2. The van der Waals surface area contributed by atoms with Gasteiger partial charge >= 0.3 is 0 Å². The number of rotatable bonds is 2. The van der Waals surface area contributed by atoms with Gasteiger partial charge in [-0.25, -0.2) is 13.4 Å². The van der Waals surface area contributed by atoms with Crippen molar-refractivity contribution in [3.05, 3.63) is 24.3 Å². The minimum Gasteiger partial charge on any atom is -0.457 e. The van der Waals surface area contributed by atoms with Crippen LogP contribution in [0.25, 0.3) is 0 Å². The highest BCUT2D eigenvalue weighted by atomic mass is 32.2. The van der Waals surface area contributed by atoms with Gasteiger partial charge in [-0.2, -0.15) is 0 Å². The van der Waals surface area contributed by atoms with Crippen LogP contribution >= 0.6 is 0 Å². The molecule has 3 aliphatic rings. The molecule has 1 saturated heterocycles. The SMILES string of the molecule is CC(=O)NN1C(=O)C[C@@H]1S(C)(=O)=O.c1cc2cc(c1)O2. The third-order valence-electron chi connectivity index (χ3n) is 2.72. The average Bonchev–Trinajstić information content (AvgIpc) is 2.33. The molecule has 0 radical (unpaired) electrons. The summed E-state index contributed by atoms with van der Waals surface area (Å²) in [5.74, 6) is 1.13. The second-order valence-corrected chi connectivity index (χ2v) is 6.70. The fourth-order valence-electron chi connectivity index (χ4n) is 1.71. The standard InChI is InChI=1S/C6H10N2O4S.C6H4O/c1-4(9)7-8-5(10)3-6(8)13(2,11)12;1-2-5-4-6(3-1)7-5/h6H,3H2,1-2H3,(H,7,9);1-4H/t6-;/m0./s1. The molecule has 108 valence electrons. The van der Waals surface area contributed by atoms with Crippen molar-refractivity contribution >= 4 is 21.7 Å². The highest BCUT2D eigenvalue weighted by Gasteiger charge is 2.43. The molecule has 1 aromatic carbocycles. The zero-order chi connectivity index (χ0) is 14.9. The van der Waals surface area contributed by atoms with Gasteiger partial charge in [-0.3, -0.25) is 15.0 Å². The van der Waals surface area contributed by atoms with Crippen LogP contribution < -0.4 is 10.2 Å². The number of nitrogens with one attached hydrogen (secondary N) is 1. The van der Waals surface area contributed by atoms with E-state index in [1.807, 2.05) is 24.3 Å². The van der Waals surface area contributed by atoms with Crippen molar-refractivity contribution in [3.8, 4) is 11.5 Å². The monoisotopic (exact) mass is 298 g/mol. The number of ether oxygens (including phenoxy) is 1. The Hall–Kier alpha value is -2.09. The Kier molecular flexibility index (Phi) is 3.67. The number of hydrogen-bond donors (Lipinski definition) is 1. The van der Waals surface area contributed by atoms with Crippen LogP contribution in [0.1, 0.15) is 13.3 Å². The first-order chi connectivity index (χ1) is 9.27. The van der Waals surface area contributed by atoms with Crippen LogP contribution in [-0.2, 0) is 19.4 Å². The molecule has 20 heavy (non-hydrogen) atoms. The lowest BCUT2D eigenvalue weighted by Crippen LogP contribution is -2.63. The van der Waals surface area contributed by atoms with E-state index in [9.17, 15) is 18.0 Å². The van der Waals surface area contributed by atoms with Crippen LogP contribution in [0.5, 0.6) is 11.5 Å². The summed E-state index contributed by atoms with van der Waals surface area (Å²) in [6.07, 6.45) is 0.970. The molecule has 3 heterocycles. The van der Waals surface area contributed by atoms with Gasteiger partial charge in [0.2, 0.25) is 11.8 Å². The van der Waals surface area contributed by atoms with Gasteiger partial charge in [0, 0.05) is 19.2 Å². The van der Waals surface area contributed by atoms with Gasteiger partial charge in [-0.15, -0.1) is 0 Å². The summed E-state index contributed by atoms with van der Waals surface area (Å²) in [5, 5.41) is -0.0543. The number of hydrazine groups is 1. The van der Waals surface area contributed by atoms with E-state index in [1.54, 1.807) is 0 Å². The summed E-state index contributed by atoms with van der Waals surface area (Å²) in [7, 11) is -3.30. The van der Waals surface area contributed by atoms with E-state index in [0.717, 1.165) is 22.8 Å². The summed E-state index contributed by atoms with van der Waals surface area (Å²) in [4.78, 5) is 21.4. The zero-order valence-electron chi connectivity index (χ0n) is 11.0. The highest BCUT2D eigenvalue weighted by Crippen LogP contribution is 2.32. The van der Waals surface area contributed by atoms with Crippen molar-refractivity contribution < 1.29 is 22.7 Å². The fourth-order valence-corrected chi connectivity index (χ4v) is 2.71. The van der Waals surface area contributed by atoms with Crippen molar-refractivity contribution in [2.75, 3.05) is 6.26 Å². The predicted molar refractivity (Wildman–Crippen MR) is 70.4 cm³/mol. The molecule has 1 fully saturated rings. The summed E-state index contributed by atoms with van der Waals surface area (Å²) < 4.78 is 27.0. The van der Waals surface area contributed by atoms with Crippen molar-refractivity contribution in [2.45, 2.75) is 18.7 Å². The summed E-state index contributed by atoms with van der Waals surface area (Å²) in [5.41, 5.74) is 2.15. The number of amides is 2. The van der Waals surface area contributed by atoms with E-state index >= 15 is 0 Å². The third kappa shape index (κ3) is 3.08. The smallest absolute Gasteiger partial charge is 0.245 e. The minimum absolute atomic E-state index is 0.0564. The Bertz CT molecular complexity index is 631. The van der Waals surface area contributed by atoms with Gasteiger partial charge in [-0.05, 0) is 12.1 Å². The molecule has 0 aliphatic carbocycles. The molecule has 0 spiro atoms. The first-order valence-corrected chi connectivity index (χ1v) is 7.79. The molecule has 1 N–H and O–H groups in total. The number of β-lactam (4-membered cyclic amide) rings is 1. The third-order valence-corrected chi connectivity index (χ3v) is 4.09. The molecule has 8 heteroatoms. The number of sulfone groups is 1. The number of benzene rings is 1. The first kappa shape index (κ1) is 14.3. The van der Waals surface area contributed by atoms with Crippen LogP contribution in [0.15, 0.2) is 24.3 Å². The van der Waals surface area contributed by atoms with Gasteiger partial charge in [0.1, 0.15) is 11.5 Å². The molecule has 7 nitrogen and oxygen atoms in total. The highest BCUT2D eigenvalue weighted by molar-refractivity contribution is 7.91. The van der Waals surface area contributed by atoms with Gasteiger partial charge < -0.3 is 4.74 Å². The molecular weight excluding hydrogens is 284 g/mol. The quantitative estimate of drug-likeness (QED) is 0.812. The molecule has 3 aliphatic heterocycles. The Balaban J connectivity index is 0.000000173. The lowest BCUT2D eigenvalue weighted by atomic mass is 10.2. The molecule has 2 bridgehead atoms. The molecule has 0 unspecified atom stereocenters. The molecule has 1 atom stereocenters. The molecule has 0 aromatic heterocycles. The van der Waals surface area contributed by atoms with E-state index < -0.39 is 21.1 Å². The Morgan fingerprint density at radius 3 is 2.20 bits per heavy atom. The maximum Gasteiger partial charge on any atom is 0.245 e. The van der Waals surface area contributed by atoms with Crippen molar-refractivity contribution in [1.82, 2.24) is 10.4 Å². The van der Waals surface area contributed by atoms with E-state index in [0.29, 0.717) is 0 Å². The number of nitrogens with zero attached hydrogens (tertiary/aromatic N) is 1. The van der Waals surface area contributed by atoms with Crippen LogP contribution in [0.2, 0.25) is 0 Å². The second-order valence-electron chi connectivity index (χ2n) is 4.50. The van der Waals surface area contributed by atoms with Crippen molar-refractivity contribution in [3.63, 3.8) is 0 Å². The Morgan fingerprint density at radius 1 is 1.40 bits per heavy atom. The van der Waals surface area contributed by atoms with Gasteiger partial charge in [0.15, 0.2) is 15.2 Å².